The van der Waals surface area contributed by atoms with Crippen LogP contribution in [0.2, 0.25) is 0 Å². The molecule has 1 amide bonds. The fraction of sp³-hybridized carbons (Fsp3) is 0.188. The number of ether oxygens (including phenoxy) is 1. The highest BCUT2D eigenvalue weighted by Gasteiger charge is 2.13. The Labute approximate surface area is 126 Å². The largest absolute Gasteiger partial charge is 0.493 e. The molecule has 0 spiro atoms. The molecule has 1 heterocycles. The van der Waals surface area contributed by atoms with E-state index in [1.165, 1.54) is 0 Å². The number of halogens is 1. The van der Waals surface area contributed by atoms with E-state index in [9.17, 15) is 4.79 Å². The van der Waals surface area contributed by atoms with Gasteiger partial charge in [0.2, 0.25) is 0 Å². The number of hydrogen-bond acceptors (Lipinski definition) is 2. The average Bonchev–Trinajstić information content (AvgIpc) is 2.95. The SMILES string of the molecule is O=C(Nc1ccc2c(c1)CCO2)c1ccc(CBr)cc1. The van der Waals surface area contributed by atoms with Crippen LogP contribution in [0.3, 0.4) is 0 Å². The van der Waals surface area contributed by atoms with Crippen LogP contribution in [0.15, 0.2) is 42.5 Å². The molecule has 0 bridgehead atoms. The van der Waals surface area contributed by atoms with Gasteiger partial charge in [-0.15, -0.1) is 0 Å². The Morgan fingerprint density at radius 1 is 1.20 bits per heavy atom. The Hall–Kier alpha value is -1.81. The van der Waals surface area contributed by atoms with E-state index in [4.69, 9.17) is 4.74 Å². The lowest BCUT2D eigenvalue weighted by Gasteiger charge is -2.07. The lowest BCUT2D eigenvalue weighted by molar-refractivity contribution is 0.102. The molecule has 3 nitrogen and oxygen atoms in total. The lowest BCUT2D eigenvalue weighted by atomic mass is 10.1. The van der Waals surface area contributed by atoms with Crippen LogP contribution in [0.5, 0.6) is 5.75 Å². The van der Waals surface area contributed by atoms with Crippen molar-refractivity contribution in [3.05, 3.63) is 59.2 Å². The summed E-state index contributed by atoms with van der Waals surface area (Å²) in [4.78, 5) is 12.2. The smallest absolute Gasteiger partial charge is 0.255 e. The Morgan fingerprint density at radius 3 is 2.75 bits per heavy atom. The van der Waals surface area contributed by atoms with Gasteiger partial charge in [-0.2, -0.15) is 0 Å². The molecule has 0 unspecified atom stereocenters. The van der Waals surface area contributed by atoms with Crippen molar-refractivity contribution in [1.29, 1.82) is 0 Å². The first-order valence-electron chi connectivity index (χ1n) is 6.48. The number of anilines is 1. The normalized spacial score (nSPS) is 12.7. The van der Waals surface area contributed by atoms with Gasteiger partial charge in [0.1, 0.15) is 5.75 Å². The number of alkyl halides is 1. The number of carbonyl (C=O) groups is 1. The van der Waals surface area contributed by atoms with Gasteiger partial charge in [-0.05, 0) is 41.5 Å². The van der Waals surface area contributed by atoms with Crippen LogP contribution in [0.4, 0.5) is 5.69 Å². The Bertz CT molecular complexity index is 637. The quantitative estimate of drug-likeness (QED) is 0.869. The van der Waals surface area contributed by atoms with E-state index in [-0.39, 0.29) is 5.91 Å². The topological polar surface area (TPSA) is 38.3 Å². The van der Waals surface area contributed by atoms with Crippen LogP contribution >= 0.6 is 15.9 Å². The van der Waals surface area contributed by atoms with Crippen molar-refractivity contribution >= 4 is 27.5 Å². The lowest BCUT2D eigenvalue weighted by Crippen LogP contribution is -2.11. The molecule has 1 N–H and O–H groups in total. The van der Waals surface area contributed by atoms with E-state index in [0.29, 0.717) is 5.56 Å². The zero-order valence-corrected chi connectivity index (χ0v) is 12.4. The third-order valence-electron chi connectivity index (χ3n) is 3.32. The van der Waals surface area contributed by atoms with Crippen molar-refractivity contribution in [2.75, 3.05) is 11.9 Å². The van der Waals surface area contributed by atoms with Gasteiger partial charge in [-0.1, -0.05) is 28.1 Å². The highest BCUT2D eigenvalue weighted by atomic mass is 79.9. The molecule has 20 heavy (non-hydrogen) atoms. The van der Waals surface area contributed by atoms with Gasteiger partial charge in [-0.25, -0.2) is 0 Å². The summed E-state index contributed by atoms with van der Waals surface area (Å²) >= 11 is 3.39. The molecule has 0 saturated carbocycles. The van der Waals surface area contributed by atoms with Crippen LogP contribution in [-0.4, -0.2) is 12.5 Å². The Balaban J connectivity index is 1.75. The van der Waals surface area contributed by atoms with Gasteiger partial charge < -0.3 is 10.1 Å². The maximum atomic E-state index is 12.2. The highest BCUT2D eigenvalue weighted by molar-refractivity contribution is 9.08. The number of fused-ring (bicyclic) bond motifs is 1. The summed E-state index contributed by atoms with van der Waals surface area (Å²) in [6.07, 6.45) is 0.902. The maximum absolute atomic E-state index is 12.2. The van der Waals surface area contributed by atoms with Crippen LogP contribution in [0.25, 0.3) is 0 Å². The van der Waals surface area contributed by atoms with Gasteiger partial charge in [-0.3, -0.25) is 4.79 Å². The van der Waals surface area contributed by atoms with Crippen LogP contribution < -0.4 is 10.1 Å². The monoisotopic (exact) mass is 331 g/mol. The zero-order chi connectivity index (χ0) is 13.9. The summed E-state index contributed by atoms with van der Waals surface area (Å²) in [5.41, 5.74) is 3.77. The number of hydrogen-bond donors (Lipinski definition) is 1. The fourth-order valence-corrected chi connectivity index (χ4v) is 2.59. The van der Waals surface area contributed by atoms with Crippen molar-refractivity contribution in [1.82, 2.24) is 0 Å². The molecule has 2 aromatic carbocycles. The molecule has 0 fully saturated rings. The predicted octanol–water partition coefficient (Wildman–Crippen LogP) is 3.77. The Kier molecular flexibility index (Phi) is 3.74. The van der Waals surface area contributed by atoms with Crippen molar-refractivity contribution < 1.29 is 9.53 Å². The number of benzene rings is 2. The Morgan fingerprint density at radius 2 is 2.00 bits per heavy atom. The van der Waals surface area contributed by atoms with E-state index in [2.05, 4.69) is 21.2 Å². The first-order chi connectivity index (χ1) is 9.76. The first-order valence-corrected chi connectivity index (χ1v) is 7.60. The van der Waals surface area contributed by atoms with E-state index in [1.54, 1.807) is 0 Å². The van der Waals surface area contributed by atoms with Crippen LogP contribution in [0, 0.1) is 0 Å². The molecule has 3 rings (SSSR count). The average molecular weight is 332 g/mol. The maximum Gasteiger partial charge on any atom is 0.255 e. The van der Waals surface area contributed by atoms with E-state index in [1.807, 2.05) is 42.5 Å². The number of nitrogens with one attached hydrogen (secondary N) is 1. The summed E-state index contributed by atoms with van der Waals surface area (Å²) in [6, 6.07) is 13.3. The van der Waals surface area contributed by atoms with E-state index < -0.39 is 0 Å². The number of amides is 1. The molecule has 4 heteroatoms. The minimum absolute atomic E-state index is 0.0926. The van der Waals surface area contributed by atoms with Crippen molar-refractivity contribution in [3.63, 3.8) is 0 Å². The molecule has 2 aromatic rings. The molecular formula is C16H14BrNO2. The summed E-state index contributed by atoms with van der Waals surface area (Å²) < 4.78 is 5.45. The minimum Gasteiger partial charge on any atom is -0.493 e. The minimum atomic E-state index is -0.0926. The first kappa shape index (κ1) is 13.2. The molecule has 0 saturated heterocycles. The molecule has 1 aliphatic rings. The molecule has 0 aliphatic carbocycles. The van der Waals surface area contributed by atoms with Gasteiger partial charge in [0.25, 0.3) is 5.91 Å². The second-order valence-electron chi connectivity index (χ2n) is 4.71. The molecule has 0 radical (unpaired) electrons. The molecular weight excluding hydrogens is 318 g/mol. The standard InChI is InChI=1S/C16H14BrNO2/c17-10-11-1-3-12(4-2-11)16(19)18-14-5-6-15-13(9-14)7-8-20-15/h1-6,9H,7-8,10H2,(H,18,19). The molecule has 102 valence electrons. The van der Waals surface area contributed by atoms with E-state index in [0.717, 1.165) is 40.9 Å². The van der Waals surface area contributed by atoms with Crippen molar-refractivity contribution in [3.8, 4) is 5.75 Å². The second-order valence-corrected chi connectivity index (χ2v) is 5.27. The van der Waals surface area contributed by atoms with Gasteiger partial charge >= 0.3 is 0 Å². The van der Waals surface area contributed by atoms with Gasteiger partial charge in [0.15, 0.2) is 0 Å². The zero-order valence-electron chi connectivity index (χ0n) is 10.9. The molecule has 0 atom stereocenters. The summed E-state index contributed by atoms with van der Waals surface area (Å²) in [6.45, 7) is 0.723. The number of carbonyl (C=O) groups excluding carboxylic acids is 1. The third-order valence-corrected chi connectivity index (χ3v) is 3.97. The van der Waals surface area contributed by atoms with Crippen molar-refractivity contribution in [2.24, 2.45) is 0 Å². The third kappa shape index (κ3) is 2.70. The van der Waals surface area contributed by atoms with Gasteiger partial charge in [0.05, 0.1) is 6.61 Å². The molecule has 1 aliphatic heterocycles. The second kappa shape index (κ2) is 5.67. The predicted molar refractivity (Wildman–Crippen MR) is 82.7 cm³/mol. The number of rotatable bonds is 3. The highest BCUT2D eigenvalue weighted by Crippen LogP contribution is 2.28. The van der Waals surface area contributed by atoms with Gasteiger partial charge in [0, 0.05) is 23.0 Å². The van der Waals surface area contributed by atoms with Crippen molar-refractivity contribution in [2.45, 2.75) is 11.8 Å². The summed E-state index contributed by atoms with van der Waals surface area (Å²) in [5, 5.41) is 3.71. The van der Waals surface area contributed by atoms with Crippen LogP contribution in [-0.2, 0) is 11.8 Å². The fourth-order valence-electron chi connectivity index (χ4n) is 2.21. The van der Waals surface area contributed by atoms with Crippen LogP contribution in [0.1, 0.15) is 21.5 Å². The molecule has 0 aromatic heterocycles. The summed E-state index contributed by atoms with van der Waals surface area (Å²) in [5.74, 6) is 0.828. The summed E-state index contributed by atoms with van der Waals surface area (Å²) in [7, 11) is 0. The van der Waals surface area contributed by atoms with E-state index >= 15 is 0 Å².